The number of rotatable bonds is 5. The average molecular weight is 246 g/mol. The second-order valence-corrected chi connectivity index (χ2v) is 3.71. The van der Waals surface area contributed by atoms with E-state index < -0.39 is 0 Å². The van der Waals surface area contributed by atoms with Crippen molar-refractivity contribution in [2.24, 2.45) is 5.73 Å². The standard InChI is InChI=1S/C10H16ClN3O2/c1-3-16-9(15)6-14-10(11)8(4-5-12)7(2)13-14/h3-6,12H2,1-2H3. The Labute approximate surface area is 99.5 Å². The Balaban J connectivity index is 2.81. The van der Waals surface area contributed by atoms with E-state index in [1.165, 1.54) is 4.68 Å². The van der Waals surface area contributed by atoms with Crippen LogP contribution in [-0.2, 0) is 22.5 Å². The Morgan fingerprint density at radius 3 is 2.88 bits per heavy atom. The largest absolute Gasteiger partial charge is 0.465 e. The Morgan fingerprint density at radius 2 is 2.31 bits per heavy atom. The van der Waals surface area contributed by atoms with Crippen LogP contribution >= 0.6 is 11.6 Å². The van der Waals surface area contributed by atoms with E-state index in [1.807, 2.05) is 6.92 Å². The number of hydrogen-bond donors (Lipinski definition) is 1. The van der Waals surface area contributed by atoms with Crippen LogP contribution in [0.15, 0.2) is 0 Å². The summed E-state index contributed by atoms with van der Waals surface area (Å²) < 4.78 is 6.27. The number of nitrogens with zero attached hydrogens (tertiary/aromatic N) is 2. The molecule has 1 aromatic heterocycles. The molecule has 0 aliphatic rings. The Hall–Kier alpha value is -1.07. The minimum absolute atomic E-state index is 0.0398. The molecule has 0 spiro atoms. The molecule has 2 N–H and O–H groups in total. The Kier molecular flexibility index (Phi) is 4.76. The monoisotopic (exact) mass is 245 g/mol. The van der Waals surface area contributed by atoms with Crippen LogP contribution in [0, 0.1) is 6.92 Å². The van der Waals surface area contributed by atoms with E-state index in [9.17, 15) is 4.79 Å². The molecule has 1 heterocycles. The van der Waals surface area contributed by atoms with Gasteiger partial charge in [-0.25, -0.2) is 4.68 Å². The summed E-state index contributed by atoms with van der Waals surface area (Å²) in [6.07, 6.45) is 0.660. The zero-order valence-electron chi connectivity index (χ0n) is 9.49. The lowest BCUT2D eigenvalue weighted by Gasteiger charge is -2.03. The van der Waals surface area contributed by atoms with Crippen molar-refractivity contribution in [3.63, 3.8) is 0 Å². The normalized spacial score (nSPS) is 10.5. The molecule has 0 saturated carbocycles. The van der Waals surface area contributed by atoms with Crippen molar-refractivity contribution in [2.75, 3.05) is 13.2 Å². The van der Waals surface area contributed by atoms with Crippen molar-refractivity contribution in [2.45, 2.75) is 26.8 Å². The van der Waals surface area contributed by atoms with Crippen LogP contribution in [0.5, 0.6) is 0 Å². The third-order valence-electron chi connectivity index (χ3n) is 2.16. The van der Waals surface area contributed by atoms with Gasteiger partial charge in [0.25, 0.3) is 0 Å². The third-order valence-corrected chi connectivity index (χ3v) is 2.58. The molecule has 0 aliphatic heterocycles. The van der Waals surface area contributed by atoms with Crippen molar-refractivity contribution in [1.29, 1.82) is 0 Å². The number of ether oxygens (including phenoxy) is 1. The smallest absolute Gasteiger partial charge is 0.327 e. The highest BCUT2D eigenvalue weighted by Gasteiger charge is 2.15. The van der Waals surface area contributed by atoms with E-state index >= 15 is 0 Å². The molecule has 1 rings (SSSR count). The summed E-state index contributed by atoms with van der Waals surface area (Å²) in [7, 11) is 0. The number of nitrogens with two attached hydrogens (primary N) is 1. The first-order valence-electron chi connectivity index (χ1n) is 5.17. The summed E-state index contributed by atoms with van der Waals surface area (Å²) in [6, 6.07) is 0. The molecule has 6 heteroatoms. The number of carbonyl (C=O) groups excluding carboxylic acids is 1. The van der Waals surface area contributed by atoms with Gasteiger partial charge in [-0.05, 0) is 26.8 Å². The number of carbonyl (C=O) groups is 1. The van der Waals surface area contributed by atoms with Crippen LogP contribution in [0.2, 0.25) is 5.15 Å². The molecule has 0 bridgehead atoms. The molecule has 0 aromatic carbocycles. The number of esters is 1. The van der Waals surface area contributed by atoms with E-state index in [4.69, 9.17) is 22.1 Å². The summed E-state index contributed by atoms with van der Waals surface area (Å²) in [6.45, 7) is 4.50. The molecule has 0 atom stereocenters. The van der Waals surface area contributed by atoms with Crippen molar-refractivity contribution < 1.29 is 9.53 Å². The molecule has 90 valence electrons. The number of aromatic nitrogens is 2. The van der Waals surface area contributed by atoms with Gasteiger partial charge in [-0.2, -0.15) is 5.10 Å². The van der Waals surface area contributed by atoms with Crippen molar-refractivity contribution in [1.82, 2.24) is 9.78 Å². The van der Waals surface area contributed by atoms with Crippen molar-refractivity contribution in [3.05, 3.63) is 16.4 Å². The lowest BCUT2D eigenvalue weighted by molar-refractivity contribution is -0.144. The predicted octanol–water partition coefficient (Wildman–Crippen LogP) is 0.909. The molecule has 0 unspecified atom stereocenters. The first kappa shape index (κ1) is 13.0. The molecule has 16 heavy (non-hydrogen) atoms. The molecule has 0 amide bonds. The summed E-state index contributed by atoms with van der Waals surface area (Å²) in [4.78, 5) is 11.3. The highest BCUT2D eigenvalue weighted by molar-refractivity contribution is 6.30. The van der Waals surface area contributed by atoms with Crippen LogP contribution in [0.1, 0.15) is 18.2 Å². The highest BCUT2D eigenvalue weighted by atomic mass is 35.5. The third kappa shape index (κ3) is 2.96. The van der Waals surface area contributed by atoms with Gasteiger partial charge in [0.15, 0.2) is 0 Å². The first-order chi connectivity index (χ1) is 7.60. The summed E-state index contributed by atoms with van der Waals surface area (Å²) in [5, 5.41) is 4.65. The maximum Gasteiger partial charge on any atom is 0.327 e. The van der Waals surface area contributed by atoms with Gasteiger partial charge in [-0.3, -0.25) is 4.79 Å². The van der Waals surface area contributed by atoms with E-state index in [1.54, 1.807) is 6.92 Å². The van der Waals surface area contributed by atoms with Gasteiger partial charge in [-0.15, -0.1) is 0 Å². The first-order valence-corrected chi connectivity index (χ1v) is 5.55. The topological polar surface area (TPSA) is 70.1 Å². The molecule has 0 saturated heterocycles. The molecular weight excluding hydrogens is 230 g/mol. The van der Waals surface area contributed by atoms with E-state index in [0.29, 0.717) is 24.7 Å². The van der Waals surface area contributed by atoms with Crippen molar-refractivity contribution >= 4 is 17.6 Å². The zero-order chi connectivity index (χ0) is 12.1. The molecule has 5 nitrogen and oxygen atoms in total. The van der Waals surface area contributed by atoms with Crippen LogP contribution in [0.25, 0.3) is 0 Å². The van der Waals surface area contributed by atoms with Gasteiger partial charge < -0.3 is 10.5 Å². The lowest BCUT2D eigenvalue weighted by atomic mass is 10.2. The van der Waals surface area contributed by atoms with Gasteiger partial charge in [0.1, 0.15) is 11.7 Å². The van der Waals surface area contributed by atoms with Gasteiger partial charge in [-0.1, -0.05) is 11.6 Å². The summed E-state index contributed by atoms with van der Waals surface area (Å²) in [5.41, 5.74) is 7.17. The number of hydrogen-bond acceptors (Lipinski definition) is 4. The fourth-order valence-corrected chi connectivity index (χ4v) is 1.78. The second-order valence-electron chi connectivity index (χ2n) is 3.36. The predicted molar refractivity (Wildman–Crippen MR) is 61.4 cm³/mol. The fraction of sp³-hybridized carbons (Fsp3) is 0.600. The summed E-state index contributed by atoms with van der Waals surface area (Å²) in [5.74, 6) is -0.341. The van der Waals surface area contributed by atoms with Crippen LogP contribution < -0.4 is 5.73 Å². The lowest BCUT2D eigenvalue weighted by Crippen LogP contribution is -2.14. The fourth-order valence-electron chi connectivity index (χ4n) is 1.45. The van der Waals surface area contributed by atoms with Crippen molar-refractivity contribution in [3.8, 4) is 0 Å². The molecular formula is C10H16ClN3O2. The molecule has 0 radical (unpaired) electrons. The minimum atomic E-state index is -0.341. The van der Waals surface area contributed by atoms with Gasteiger partial charge in [0.2, 0.25) is 0 Å². The Morgan fingerprint density at radius 1 is 1.62 bits per heavy atom. The minimum Gasteiger partial charge on any atom is -0.465 e. The Bertz CT molecular complexity index is 376. The quantitative estimate of drug-likeness (QED) is 0.783. The van der Waals surface area contributed by atoms with Gasteiger partial charge in [0, 0.05) is 5.56 Å². The van der Waals surface area contributed by atoms with E-state index in [-0.39, 0.29) is 12.5 Å². The van der Waals surface area contributed by atoms with E-state index in [2.05, 4.69) is 5.10 Å². The van der Waals surface area contributed by atoms with Crippen LogP contribution in [0.4, 0.5) is 0 Å². The number of halogens is 1. The zero-order valence-corrected chi connectivity index (χ0v) is 10.3. The van der Waals surface area contributed by atoms with Gasteiger partial charge >= 0.3 is 5.97 Å². The van der Waals surface area contributed by atoms with Gasteiger partial charge in [0.05, 0.1) is 12.3 Å². The molecule has 0 aliphatic carbocycles. The molecule has 0 fully saturated rings. The maximum atomic E-state index is 11.3. The number of aryl methyl sites for hydroxylation is 1. The maximum absolute atomic E-state index is 11.3. The molecule has 1 aromatic rings. The van der Waals surface area contributed by atoms with Crippen LogP contribution in [-0.4, -0.2) is 28.9 Å². The van der Waals surface area contributed by atoms with E-state index in [0.717, 1.165) is 11.3 Å². The summed E-state index contributed by atoms with van der Waals surface area (Å²) >= 11 is 6.09. The second kappa shape index (κ2) is 5.86. The SMILES string of the molecule is CCOC(=O)Cn1nc(C)c(CCN)c1Cl. The average Bonchev–Trinajstić information content (AvgIpc) is 2.47. The highest BCUT2D eigenvalue weighted by Crippen LogP contribution is 2.19. The van der Waals surface area contributed by atoms with Crippen LogP contribution in [0.3, 0.4) is 0 Å².